The number of carbonyl (C=O) groups is 1. The van der Waals surface area contributed by atoms with Gasteiger partial charge in [-0.2, -0.15) is 13.2 Å². The first-order chi connectivity index (χ1) is 19.3. The highest BCUT2D eigenvalue weighted by molar-refractivity contribution is 5.98. The van der Waals surface area contributed by atoms with Crippen LogP contribution < -0.4 is 4.90 Å². The van der Waals surface area contributed by atoms with E-state index < -0.39 is 12.1 Å². The van der Waals surface area contributed by atoms with Crippen LogP contribution in [0.5, 0.6) is 0 Å². The van der Waals surface area contributed by atoms with Gasteiger partial charge in [0.1, 0.15) is 11.6 Å². The summed E-state index contributed by atoms with van der Waals surface area (Å²) in [5, 5.41) is 0. The molecule has 0 bridgehead atoms. The van der Waals surface area contributed by atoms with Crippen molar-refractivity contribution >= 4 is 33.7 Å². The second-order valence-electron chi connectivity index (χ2n) is 9.51. The number of halogens is 3. The predicted octanol–water partition coefficient (Wildman–Crippen LogP) is 6.73. The van der Waals surface area contributed by atoms with Crippen LogP contribution in [0.3, 0.4) is 0 Å². The third-order valence-electron chi connectivity index (χ3n) is 6.92. The summed E-state index contributed by atoms with van der Waals surface area (Å²) >= 11 is 0. The number of hydrogen-bond donors (Lipinski definition) is 0. The molecular formula is C31H24F3N5O. The van der Waals surface area contributed by atoms with Gasteiger partial charge in [-0.3, -0.25) is 9.69 Å². The Kier molecular flexibility index (Phi) is 6.34. The van der Waals surface area contributed by atoms with Gasteiger partial charge in [0.15, 0.2) is 0 Å². The van der Waals surface area contributed by atoms with E-state index in [4.69, 9.17) is 4.98 Å². The zero-order valence-electron chi connectivity index (χ0n) is 21.5. The molecular weight excluding hydrogens is 515 g/mol. The molecule has 6 aromatic rings. The van der Waals surface area contributed by atoms with Gasteiger partial charge in [-0.1, -0.05) is 66.7 Å². The molecule has 0 saturated carbocycles. The summed E-state index contributed by atoms with van der Waals surface area (Å²) in [7, 11) is 1.73. The molecule has 0 aliphatic rings. The fourth-order valence-corrected chi connectivity index (χ4v) is 4.95. The number of rotatable bonds is 6. The van der Waals surface area contributed by atoms with Crippen molar-refractivity contribution in [2.75, 3.05) is 4.90 Å². The molecule has 2 heterocycles. The van der Waals surface area contributed by atoms with Crippen molar-refractivity contribution in [2.24, 2.45) is 7.05 Å². The van der Waals surface area contributed by atoms with Crippen LogP contribution >= 0.6 is 0 Å². The van der Waals surface area contributed by atoms with Crippen LogP contribution in [0.1, 0.15) is 11.4 Å². The van der Waals surface area contributed by atoms with Crippen LogP contribution in [0, 0.1) is 0 Å². The summed E-state index contributed by atoms with van der Waals surface area (Å²) < 4.78 is 45.2. The summed E-state index contributed by atoms with van der Waals surface area (Å²) in [5.74, 6) is -1.04. The summed E-state index contributed by atoms with van der Waals surface area (Å²) in [6.07, 6.45) is -5.07. The molecule has 0 spiro atoms. The van der Waals surface area contributed by atoms with Crippen LogP contribution in [0.2, 0.25) is 0 Å². The zero-order valence-corrected chi connectivity index (χ0v) is 21.5. The molecule has 0 atom stereocenters. The topological polar surface area (TPSA) is 56.0 Å². The van der Waals surface area contributed by atoms with Gasteiger partial charge in [0.25, 0.3) is 0 Å². The van der Waals surface area contributed by atoms with Crippen LogP contribution in [-0.4, -0.2) is 31.2 Å². The van der Waals surface area contributed by atoms with E-state index in [0.29, 0.717) is 29.3 Å². The third-order valence-corrected chi connectivity index (χ3v) is 6.92. The number of aromatic nitrogens is 4. The Morgan fingerprint density at radius 1 is 0.800 bits per heavy atom. The Morgan fingerprint density at radius 3 is 2.15 bits per heavy atom. The van der Waals surface area contributed by atoms with Crippen LogP contribution in [0.25, 0.3) is 33.5 Å². The van der Waals surface area contributed by atoms with Crippen molar-refractivity contribution in [1.29, 1.82) is 0 Å². The van der Waals surface area contributed by atoms with Gasteiger partial charge < -0.3 is 9.13 Å². The zero-order chi connectivity index (χ0) is 27.9. The van der Waals surface area contributed by atoms with Gasteiger partial charge in [0.05, 0.1) is 28.6 Å². The number of alkyl halides is 3. The molecule has 40 heavy (non-hydrogen) atoms. The summed E-state index contributed by atoms with van der Waals surface area (Å²) in [4.78, 5) is 22.8. The highest BCUT2D eigenvalue weighted by Gasteiger charge is 2.43. The second kappa shape index (κ2) is 10.00. The van der Waals surface area contributed by atoms with E-state index in [1.165, 1.54) is 6.07 Å². The minimum absolute atomic E-state index is 0.102. The Bertz CT molecular complexity index is 1840. The molecule has 0 aliphatic carbocycles. The van der Waals surface area contributed by atoms with E-state index in [1.807, 2.05) is 77.4 Å². The highest BCUT2D eigenvalue weighted by atomic mass is 19.4. The van der Waals surface area contributed by atoms with E-state index in [-0.39, 0.29) is 12.2 Å². The molecule has 0 fully saturated rings. The van der Waals surface area contributed by atoms with Gasteiger partial charge >= 0.3 is 12.1 Å². The summed E-state index contributed by atoms with van der Waals surface area (Å²) in [5.41, 5.74) is 4.82. The van der Waals surface area contributed by atoms with Gasteiger partial charge in [-0.25, -0.2) is 9.97 Å². The number of anilines is 1. The average molecular weight is 540 g/mol. The van der Waals surface area contributed by atoms with Crippen molar-refractivity contribution < 1.29 is 18.0 Å². The predicted molar refractivity (Wildman–Crippen MR) is 149 cm³/mol. The monoisotopic (exact) mass is 539 g/mol. The minimum atomic E-state index is -5.07. The molecule has 9 heteroatoms. The molecule has 0 radical (unpaired) electrons. The lowest BCUT2D eigenvalue weighted by molar-refractivity contribution is -0.170. The van der Waals surface area contributed by atoms with Crippen LogP contribution in [-0.2, 0) is 24.9 Å². The van der Waals surface area contributed by atoms with Crippen molar-refractivity contribution in [1.82, 2.24) is 19.1 Å². The smallest absolute Gasteiger partial charge is 0.330 e. The lowest BCUT2D eigenvalue weighted by atomic mass is 10.1. The largest absolute Gasteiger partial charge is 0.471 e. The molecule has 4 aromatic carbocycles. The van der Waals surface area contributed by atoms with E-state index in [9.17, 15) is 18.0 Å². The lowest BCUT2D eigenvalue weighted by Gasteiger charge is -2.24. The van der Waals surface area contributed by atoms with Gasteiger partial charge in [-0.15, -0.1) is 0 Å². The lowest BCUT2D eigenvalue weighted by Crippen LogP contribution is -2.41. The molecule has 0 unspecified atom stereocenters. The maximum absolute atomic E-state index is 13.8. The number of fused-ring (bicyclic) bond motifs is 2. The van der Waals surface area contributed by atoms with Crippen molar-refractivity contribution in [2.45, 2.75) is 19.3 Å². The SMILES string of the molecule is Cn1c(CN(C(=O)C(F)(F)F)c2cccc(-c3nc4ccccc4n3Cc3ccccc3)c2)nc2ccccc21. The van der Waals surface area contributed by atoms with Gasteiger partial charge in [0, 0.05) is 24.8 Å². The molecule has 0 N–H and O–H groups in total. The number of imidazole rings is 2. The summed E-state index contributed by atoms with van der Waals surface area (Å²) in [6.45, 7) is 0.166. The highest BCUT2D eigenvalue weighted by Crippen LogP contribution is 2.32. The molecule has 2 aromatic heterocycles. The first-order valence-corrected chi connectivity index (χ1v) is 12.7. The van der Waals surface area contributed by atoms with Gasteiger partial charge in [0.2, 0.25) is 0 Å². The number of carbonyl (C=O) groups excluding carboxylic acids is 1. The Labute approximate surface area is 227 Å². The first kappa shape index (κ1) is 25.4. The van der Waals surface area contributed by atoms with Crippen molar-refractivity contribution in [3.8, 4) is 11.4 Å². The molecule has 6 rings (SSSR count). The van der Waals surface area contributed by atoms with E-state index in [1.54, 1.807) is 35.9 Å². The minimum Gasteiger partial charge on any atom is -0.330 e. The number of para-hydroxylation sites is 4. The van der Waals surface area contributed by atoms with Crippen molar-refractivity contribution in [3.63, 3.8) is 0 Å². The van der Waals surface area contributed by atoms with Crippen molar-refractivity contribution in [3.05, 3.63) is 115 Å². The Hall–Kier alpha value is -4.92. The van der Waals surface area contributed by atoms with E-state index in [2.05, 4.69) is 4.98 Å². The fraction of sp³-hybridized carbons (Fsp3) is 0.129. The average Bonchev–Trinajstić information content (AvgIpc) is 3.49. The maximum Gasteiger partial charge on any atom is 0.471 e. The Morgan fingerprint density at radius 2 is 1.45 bits per heavy atom. The molecule has 6 nitrogen and oxygen atoms in total. The van der Waals surface area contributed by atoms with Crippen LogP contribution in [0.4, 0.5) is 18.9 Å². The Balaban J connectivity index is 1.45. The first-order valence-electron chi connectivity index (χ1n) is 12.7. The fourth-order valence-electron chi connectivity index (χ4n) is 4.95. The summed E-state index contributed by atoms with van der Waals surface area (Å²) in [6, 6.07) is 31.3. The number of hydrogen-bond acceptors (Lipinski definition) is 3. The number of amides is 1. The molecule has 0 saturated heterocycles. The van der Waals surface area contributed by atoms with E-state index in [0.717, 1.165) is 27.0 Å². The normalized spacial score (nSPS) is 11.8. The number of aryl methyl sites for hydroxylation is 1. The van der Waals surface area contributed by atoms with E-state index >= 15 is 0 Å². The van der Waals surface area contributed by atoms with Gasteiger partial charge in [-0.05, 0) is 42.0 Å². The van der Waals surface area contributed by atoms with Crippen LogP contribution in [0.15, 0.2) is 103 Å². The molecule has 1 amide bonds. The molecule has 200 valence electrons. The molecule has 0 aliphatic heterocycles. The number of benzene rings is 4. The maximum atomic E-state index is 13.8. The quantitative estimate of drug-likeness (QED) is 0.236. The second-order valence-corrected chi connectivity index (χ2v) is 9.51. The standard InChI is InChI=1S/C31H24F3N5O/c1-37-26-16-7-5-14-24(26)35-28(37)20-38(30(40)31(32,33)34)23-13-9-12-22(18-23)29-36-25-15-6-8-17-27(25)39(29)19-21-10-3-2-4-11-21/h2-18H,19-20H2,1H3. The third kappa shape index (κ3) is 4.70. The number of nitrogens with zero attached hydrogens (tertiary/aromatic N) is 5.